The first-order chi connectivity index (χ1) is 14.0. The molecule has 148 valence electrons. The van der Waals surface area contributed by atoms with Gasteiger partial charge in [0.1, 0.15) is 0 Å². The predicted molar refractivity (Wildman–Crippen MR) is 123 cm³/mol. The van der Waals surface area contributed by atoms with Gasteiger partial charge in [-0.3, -0.25) is 5.43 Å². The van der Waals surface area contributed by atoms with Gasteiger partial charge in [-0.15, -0.1) is 11.3 Å². The number of hydrogen-bond donors (Lipinski definition) is 1. The summed E-state index contributed by atoms with van der Waals surface area (Å²) in [5.74, 6) is 0.767. The summed E-state index contributed by atoms with van der Waals surface area (Å²) in [6.07, 6.45) is 3.71. The van der Waals surface area contributed by atoms with Gasteiger partial charge in [0.2, 0.25) is 5.13 Å². The normalized spacial score (nSPS) is 26.2. The lowest BCUT2D eigenvalue weighted by Gasteiger charge is -2.34. The molecule has 4 heteroatoms. The van der Waals surface area contributed by atoms with Gasteiger partial charge in [0.25, 0.3) is 0 Å². The van der Waals surface area contributed by atoms with Crippen molar-refractivity contribution < 1.29 is 0 Å². The van der Waals surface area contributed by atoms with Crippen molar-refractivity contribution >= 4 is 22.2 Å². The molecule has 0 saturated heterocycles. The number of nitrogens with one attached hydrogen (secondary N) is 1. The van der Waals surface area contributed by atoms with E-state index in [1.54, 1.807) is 11.3 Å². The second-order valence-electron chi connectivity index (χ2n) is 9.15. The van der Waals surface area contributed by atoms with Crippen molar-refractivity contribution in [2.45, 2.75) is 40.0 Å². The molecule has 0 aliphatic heterocycles. The Kier molecular flexibility index (Phi) is 4.36. The SMILES string of the molecule is CC1(C)[C@@H]2CC[C@]1(C)/C(=N\Nc1nc(-c3ccc(-c4ccccc4)cc3)cs1)C2. The minimum Gasteiger partial charge on any atom is -0.253 e. The minimum absolute atomic E-state index is 0.220. The van der Waals surface area contributed by atoms with Gasteiger partial charge in [-0.05, 0) is 41.7 Å². The van der Waals surface area contributed by atoms with E-state index in [0.717, 1.165) is 28.7 Å². The summed E-state index contributed by atoms with van der Waals surface area (Å²) in [4.78, 5) is 4.77. The van der Waals surface area contributed by atoms with E-state index in [2.05, 4.69) is 80.1 Å². The predicted octanol–water partition coefficient (Wildman–Crippen LogP) is 7.09. The monoisotopic (exact) mass is 401 g/mol. The quantitative estimate of drug-likeness (QED) is 0.474. The Labute approximate surface area is 176 Å². The number of aromatic nitrogens is 1. The van der Waals surface area contributed by atoms with Crippen molar-refractivity contribution in [3.05, 3.63) is 60.0 Å². The Balaban J connectivity index is 1.32. The maximum Gasteiger partial charge on any atom is 0.203 e. The maximum atomic E-state index is 4.82. The zero-order valence-electron chi connectivity index (χ0n) is 17.3. The Morgan fingerprint density at radius 2 is 1.66 bits per heavy atom. The van der Waals surface area contributed by atoms with Gasteiger partial charge >= 0.3 is 0 Å². The van der Waals surface area contributed by atoms with Crippen LogP contribution < -0.4 is 5.43 Å². The highest BCUT2D eigenvalue weighted by atomic mass is 32.1. The highest BCUT2D eigenvalue weighted by Crippen LogP contribution is 2.63. The van der Waals surface area contributed by atoms with Crippen molar-refractivity contribution in [3.8, 4) is 22.4 Å². The first-order valence-electron chi connectivity index (χ1n) is 10.4. The van der Waals surface area contributed by atoms with Crippen LogP contribution in [0.2, 0.25) is 0 Å². The van der Waals surface area contributed by atoms with E-state index >= 15 is 0 Å². The Morgan fingerprint density at radius 1 is 0.966 bits per heavy atom. The summed E-state index contributed by atoms with van der Waals surface area (Å²) >= 11 is 1.62. The van der Waals surface area contributed by atoms with Gasteiger partial charge in [0.15, 0.2) is 0 Å². The van der Waals surface area contributed by atoms with Gasteiger partial charge < -0.3 is 0 Å². The number of fused-ring (bicyclic) bond motifs is 2. The molecule has 1 heterocycles. The van der Waals surface area contributed by atoms with Gasteiger partial charge in [0.05, 0.1) is 5.69 Å². The van der Waals surface area contributed by atoms with Crippen molar-refractivity contribution in [3.63, 3.8) is 0 Å². The van der Waals surface area contributed by atoms with Crippen molar-refractivity contribution in [1.82, 2.24) is 4.98 Å². The first-order valence-corrected chi connectivity index (χ1v) is 11.3. The lowest BCUT2D eigenvalue weighted by molar-refractivity contribution is 0.194. The molecule has 2 bridgehead atoms. The van der Waals surface area contributed by atoms with Crippen LogP contribution in [0.3, 0.4) is 0 Å². The van der Waals surface area contributed by atoms with Gasteiger partial charge in [-0.25, -0.2) is 4.98 Å². The summed E-state index contributed by atoms with van der Waals surface area (Å²) < 4.78 is 0. The number of hydrazone groups is 1. The third-order valence-corrected chi connectivity index (χ3v) is 8.34. The highest BCUT2D eigenvalue weighted by molar-refractivity contribution is 7.14. The number of anilines is 1. The number of benzene rings is 2. The summed E-state index contributed by atoms with van der Waals surface area (Å²) in [6, 6.07) is 19.1. The van der Waals surface area contributed by atoms with Crippen LogP contribution in [-0.4, -0.2) is 10.7 Å². The molecule has 2 aliphatic rings. The van der Waals surface area contributed by atoms with Crippen LogP contribution in [0.1, 0.15) is 40.0 Å². The highest BCUT2D eigenvalue weighted by Gasteiger charge is 2.59. The van der Waals surface area contributed by atoms with Crippen molar-refractivity contribution in [2.75, 3.05) is 5.43 Å². The molecule has 2 fully saturated rings. The molecule has 0 radical (unpaired) electrons. The summed E-state index contributed by atoms with van der Waals surface area (Å²) in [7, 11) is 0. The Bertz CT molecular complexity index is 1050. The average molecular weight is 402 g/mol. The molecule has 5 rings (SSSR count). The molecular formula is C25H27N3S. The van der Waals surface area contributed by atoms with Crippen molar-refractivity contribution in [2.24, 2.45) is 21.8 Å². The van der Waals surface area contributed by atoms with Crippen molar-refractivity contribution in [1.29, 1.82) is 0 Å². The molecule has 0 spiro atoms. The van der Waals surface area contributed by atoms with E-state index in [1.807, 2.05) is 6.07 Å². The molecule has 1 aromatic heterocycles. The van der Waals surface area contributed by atoms with Gasteiger partial charge in [-0.1, -0.05) is 75.4 Å². The Morgan fingerprint density at radius 3 is 2.31 bits per heavy atom. The number of hydrogen-bond acceptors (Lipinski definition) is 4. The lowest BCUT2D eigenvalue weighted by Crippen LogP contribution is -2.32. The van der Waals surface area contributed by atoms with E-state index in [4.69, 9.17) is 10.1 Å². The maximum absolute atomic E-state index is 4.82. The zero-order valence-corrected chi connectivity index (χ0v) is 18.1. The third-order valence-electron chi connectivity index (χ3n) is 7.59. The fraction of sp³-hybridized carbons (Fsp3) is 0.360. The standard InChI is InChI=1S/C25H27N3S/c1-24(2)20-13-14-25(24,3)22(15-20)27-28-23-26-21(16-29-23)19-11-9-18(10-12-19)17-7-5-4-6-8-17/h4-12,16,20H,13-15H2,1-3H3,(H,26,28)/b27-22-/t20-,25-/m1/s1. The minimum atomic E-state index is 0.220. The largest absolute Gasteiger partial charge is 0.253 e. The lowest BCUT2D eigenvalue weighted by atomic mass is 9.70. The van der Waals surface area contributed by atoms with E-state index in [9.17, 15) is 0 Å². The molecule has 2 atom stereocenters. The topological polar surface area (TPSA) is 37.3 Å². The van der Waals surface area contributed by atoms with Crippen LogP contribution >= 0.6 is 11.3 Å². The van der Waals surface area contributed by atoms with Gasteiger partial charge in [0, 0.05) is 22.1 Å². The summed E-state index contributed by atoms with van der Waals surface area (Å²) in [6.45, 7) is 7.21. The molecule has 0 unspecified atom stereocenters. The molecule has 0 amide bonds. The zero-order chi connectivity index (χ0) is 20.1. The van der Waals surface area contributed by atoms with Crippen LogP contribution in [0.25, 0.3) is 22.4 Å². The Hall–Kier alpha value is -2.46. The van der Waals surface area contributed by atoms with E-state index in [1.165, 1.54) is 29.7 Å². The number of thiazole rings is 1. The fourth-order valence-corrected chi connectivity index (χ4v) is 5.80. The first kappa shape index (κ1) is 18.6. The number of rotatable bonds is 4. The molecule has 29 heavy (non-hydrogen) atoms. The molecule has 2 aliphatic carbocycles. The van der Waals surface area contributed by atoms with Crippen LogP contribution in [-0.2, 0) is 0 Å². The molecule has 2 saturated carbocycles. The fourth-order valence-electron chi connectivity index (χ4n) is 5.13. The van der Waals surface area contributed by atoms with Gasteiger partial charge in [-0.2, -0.15) is 5.10 Å². The molecule has 3 nitrogen and oxygen atoms in total. The van der Waals surface area contributed by atoms with E-state index in [0.29, 0.717) is 5.41 Å². The second-order valence-corrected chi connectivity index (χ2v) is 10.0. The molecule has 3 aromatic rings. The number of nitrogens with zero attached hydrogens (tertiary/aromatic N) is 2. The van der Waals surface area contributed by atoms with Crippen LogP contribution in [0.5, 0.6) is 0 Å². The van der Waals surface area contributed by atoms with Crippen LogP contribution in [0.15, 0.2) is 65.1 Å². The van der Waals surface area contributed by atoms with E-state index in [-0.39, 0.29) is 5.41 Å². The molecule has 2 aromatic carbocycles. The third kappa shape index (κ3) is 3.01. The van der Waals surface area contributed by atoms with Crippen LogP contribution in [0, 0.1) is 16.7 Å². The second kappa shape index (κ2) is 6.81. The average Bonchev–Trinajstić information content (AvgIpc) is 3.36. The molecular weight excluding hydrogens is 374 g/mol. The molecule has 1 N–H and O–H groups in total. The smallest absolute Gasteiger partial charge is 0.203 e. The van der Waals surface area contributed by atoms with Crippen LogP contribution in [0.4, 0.5) is 5.13 Å². The summed E-state index contributed by atoms with van der Waals surface area (Å²) in [5, 5.41) is 7.79. The van der Waals surface area contributed by atoms with E-state index < -0.39 is 0 Å². The summed E-state index contributed by atoms with van der Waals surface area (Å²) in [5.41, 5.74) is 9.74.